The van der Waals surface area contributed by atoms with E-state index in [-0.39, 0.29) is 5.54 Å². The van der Waals surface area contributed by atoms with Gasteiger partial charge in [0.1, 0.15) is 0 Å². The summed E-state index contributed by atoms with van der Waals surface area (Å²) in [6.45, 7) is 4.40. The molecule has 0 spiro atoms. The van der Waals surface area contributed by atoms with E-state index in [0.29, 0.717) is 11.7 Å². The summed E-state index contributed by atoms with van der Waals surface area (Å²) < 4.78 is 0. The third-order valence-corrected chi connectivity index (χ3v) is 4.68. The molecule has 2 nitrogen and oxygen atoms in total. The molecule has 1 rings (SSSR count). The van der Waals surface area contributed by atoms with Gasteiger partial charge in [-0.25, -0.2) is 0 Å². The quantitative estimate of drug-likeness (QED) is 0.705. The van der Waals surface area contributed by atoms with Crippen LogP contribution in [-0.4, -0.2) is 30.3 Å². The summed E-state index contributed by atoms with van der Waals surface area (Å²) in [6.07, 6.45) is 8.91. The molecule has 0 aromatic rings. The predicted molar refractivity (Wildman–Crippen MR) is 73.2 cm³/mol. The second-order valence-corrected chi connectivity index (χ2v) is 5.80. The van der Waals surface area contributed by atoms with Crippen LogP contribution in [0.5, 0.6) is 0 Å². The highest BCUT2D eigenvalue weighted by atomic mass is 16.1. The third kappa shape index (κ3) is 3.31. The van der Waals surface area contributed by atoms with Crippen molar-refractivity contribution in [3.63, 3.8) is 0 Å². The molecule has 1 fully saturated rings. The number of hydrogen-bond acceptors (Lipinski definition) is 2. The Labute approximate surface area is 107 Å². The zero-order valence-corrected chi connectivity index (χ0v) is 12.1. The lowest BCUT2D eigenvalue weighted by Gasteiger charge is -2.42. The molecule has 0 aromatic carbocycles. The molecule has 1 saturated carbocycles. The van der Waals surface area contributed by atoms with Crippen LogP contribution in [0.3, 0.4) is 0 Å². The molecule has 1 aliphatic carbocycles. The summed E-state index contributed by atoms with van der Waals surface area (Å²) in [5.41, 5.74) is -0.138. The Bertz CT molecular complexity index is 237. The van der Waals surface area contributed by atoms with Crippen LogP contribution in [0.25, 0.3) is 0 Å². The molecule has 2 heteroatoms. The first kappa shape index (κ1) is 14.7. The Kier molecular flexibility index (Phi) is 5.64. The average Bonchev–Trinajstić information content (AvgIpc) is 2.36. The van der Waals surface area contributed by atoms with Gasteiger partial charge in [-0.1, -0.05) is 46.0 Å². The van der Waals surface area contributed by atoms with Crippen LogP contribution in [0.15, 0.2) is 0 Å². The molecular weight excluding hydrogens is 210 g/mol. The minimum atomic E-state index is -0.138. The second-order valence-electron chi connectivity index (χ2n) is 5.80. The first-order valence-electron chi connectivity index (χ1n) is 7.27. The number of likely N-dealkylation sites (N-methyl/N-ethyl adjacent to an activating group) is 1. The largest absolute Gasteiger partial charge is 0.298 e. The third-order valence-electron chi connectivity index (χ3n) is 4.68. The van der Waals surface area contributed by atoms with E-state index in [4.69, 9.17) is 0 Å². The molecule has 0 unspecified atom stereocenters. The smallest absolute Gasteiger partial charge is 0.153 e. The number of carbonyl (C=O) groups is 1. The zero-order chi connectivity index (χ0) is 12.9. The van der Waals surface area contributed by atoms with Crippen molar-refractivity contribution in [3.05, 3.63) is 0 Å². The van der Waals surface area contributed by atoms with Crippen molar-refractivity contribution >= 4 is 5.78 Å². The highest BCUT2D eigenvalue weighted by Gasteiger charge is 2.41. The number of hydrogen-bond donors (Lipinski definition) is 0. The molecule has 0 saturated heterocycles. The van der Waals surface area contributed by atoms with Gasteiger partial charge in [-0.05, 0) is 32.9 Å². The van der Waals surface area contributed by atoms with Gasteiger partial charge >= 0.3 is 0 Å². The maximum Gasteiger partial charge on any atom is 0.153 e. The molecule has 0 N–H and O–H groups in total. The van der Waals surface area contributed by atoms with Gasteiger partial charge in [-0.2, -0.15) is 0 Å². The van der Waals surface area contributed by atoms with Gasteiger partial charge < -0.3 is 0 Å². The summed E-state index contributed by atoms with van der Waals surface area (Å²) in [7, 11) is 4.16. The van der Waals surface area contributed by atoms with E-state index in [1.807, 2.05) is 0 Å². The van der Waals surface area contributed by atoms with Crippen LogP contribution < -0.4 is 0 Å². The summed E-state index contributed by atoms with van der Waals surface area (Å²) in [5, 5.41) is 0. The van der Waals surface area contributed by atoms with Gasteiger partial charge in [0.15, 0.2) is 5.78 Å². The molecule has 100 valence electrons. The maximum atomic E-state index is 12.6. The van der Waals surface area contributed by atoms with Gasteiger partial charge in [0, 0.05) is 6.42 Å². The fourth-order valence-electron chi connectivity index (χ4n) is 3.14. The summed E-state index contributed by atoms with van der Waals surface area (Å²) in [4.78, 5) is 14.8. The van der Waals surface area contributed by atoms with E-state index in [1.54, 1.807) is 0 Å². The molecule has 0 heterocycles. The highest BCUT2D eigenvalue weighted by Crippen LogP contribution is 2.35. The van der Waals surface area contributed by atoms with Crippen LogP contribution in [0.1, 0.15) is 65.2 Å². The lowest BCUT2D eigenvalue weighted by Crippen LogP contribution is -2.52. The number of rotatable bonds is 6. The van der Waals surface area contributed by atoms with Crippen molar-refractivity contribution in [2.24, 2.45) is 5.92 Å². The SMILES string of the molecule is CCC(CC)CC(=O)C1(N(C)C)CCCCC1. The minimum absolute atomic E-state index is 0.138. The molecule has 0 bridgehead atoms. The predicted octanol–water partition coefficient (Wildman–Crippen LogP) is 3.65. The van der Waals surface area contributed by atoms with E-state index in [2.05, 4.69) is 32.8 Å². The Morgan fingerprint density at radius 3 is 2.06 bits per heavy atom. The van der Waals surface area contributed by atoms with Gasteiger partial charge in [0.05, 0.1) is 5.54 Å². The van der Waals surface area contributed by atoms with Crippen LogP contribution >= 0.6 is 0 Å². The van der Waals surface area contributed by atoms with Gasteiger partial charge in [-0.15, -0.1) is 0 Å². The lowest BCUT2D eigenvalue weighted by atomic mass is 9.75. The minimum Gasteiger partial charge on any atom is -0.298 e. The van der Waals surface area contributed by atoms with Gasteiger partial charge in [-0.3, -0.25) is 9.69 Å². The highest BCUT2D eigenvalue weighted by molar-refractivity contribution is 5.88. The number of nitrogens with zero attached hydrogens (tertiary/aromatic N) is 1. The fraction of sp³-hybridized carbons (Fsp3) is 0.933. The van der Waals surface area contributed by atoms with Crippen molar-refractivity contribution < 1.29 is 4.79 Å². The van der Waals surface area contributed by atoms with E-state index >= 15 is 0 Å². The lowest BCUT2D eigenvalue weighted by molar-refractivity contribution is -0.133. The van der Waals surface area contributed by atoms with Crippen LogP contribution in [-0.2, 0) is 4.79 Å². The summed E-state index contributed by atoms with van der Waals surface area (Å²) >= 11 is 0. The number of ketones is 1. The van der Waals surface area contributed by atoms with E-state index in [0.717, 1.165) is 32.1 Å². The molecule has 0 radical (unpaired) electrons. The Balaban J connectivity index is 2.73. The molecule has 1 aliphatic rings. The van der Waals surface area contributed by atoms with Crippen molar-refractivity contribution in [2.45, 2.75) is 70.8 Å². The monoisotopic (exact) mass is 239 g/mol. The normalized spacial score (nSPS) is 19.9. The van der Waals surface area contributed by atoms with E-state index in [1.165, 1.54) is 19.3 Å². The number of carbonyl (C=O) groups excluding carboxylic acids is 1. The van der Waals surface area contributed by atoms with Gasteiger partial charge in [0.25, 0.3) is 0 Å². The van der Waals surface area contributed by atoms with E-state index in [9.17, 15) is 4.79 Å². The Morgan fingerprint density at radius 1 is 1.12 bits per heavy atom. The first-order valence-corrected chi connectivity index (χ1v) is 7.27. The molecule has 0 amide bonds. The summed E-state index contributed by atoms with van der Waals surface area (Å²) in [5.74, 6) is 1.08. The summed E-state index contributed by atoms with van der Waals surface area (Å²) in [6, 6.07) is 0. The molecule has 0 atom stereocenters. The van der Waals surface area contributed by atoms with Crippen LogP contribution in [0.2, 0.25) is 0 Å². The standard InChI is InChI=1S/C15H29NO/c1-5-13(6-2)12-14(17)15(16(3)4)10-8-7-9-11-15/h13H,5-12H2,1-4H3. The Morgan fingerprint density at radius 2 is 1.65 bits per heavy atom. The fourth-order valence-corrected chi connectivity index (χ4v) is 3.14. The van der Waals surface area contributed by atoms with E-state index < -0.39 is 0 Å². The van der Waals surface area contributed by atoms with Crippen molar-refractivity contribution in [1.29, 1.82) is 0 Å². The Hall–Kier alpha value is -0.370. The van der Waals surface area contributed by atoms with Crippen molar-refractivity contribution in [2.75, 3.05) is 14.1 Å². The van der Waals surface area contributed by atoms with Crippen molar-refractivity contribution in [1.82, 2.24) is 4.90 Å². The first-order chi connectivity index (χ1) is 8.06. The number of Topliss-reactive ketones (excluding diaryl/α,β-unsaturated/α-hetero) is 1. The molecular formula is C15H29NO. The topological polar surface area (TPSA) is 20.3 Å². The van der Waals surface area contributed by atoms with Gasteiger partial charge in [0.2, 0.25) is 0 Å². The molecule has 0 aromatic heterocycles. The average molecular weight is 239 g/mol. The van der Waals surface area contributed by atoms with Crippen LogP contribution in [0.4, 0.5) is 0 Å². The zero-order valence-electron chi connectivity index (χ0n) is 12.1. The molecule has 0 aliphatic heterocycles. The maximum absolute atomic E-state index is 12.6. The van der Waals surface area contributed by atoms with Crippen molar-refractivity contribution in [3.8, 4) is 0 Å². The van der Waals surface area contributed by atoms with Crippen LogP contribution in [0, 0.1) is 5.92 Å². The second kappa shape index (κ2) is 6.53. The molecule has 17 heavy (non-hydrogen) atoms.